The molecule has 2 fully saturated rings. The van der Waals surface area contributed by atoms with Crippen molar-refractivity contribution >= 4 is 0 Å². The lowest BCUT2D eigenvalue weighted by Gasteiger charge is -2.42. The van der Waals surface area contributed by atoms with Gasteiger partial charge in [-0.1, -0.05) is 19.3 Å². The van der Waals surface area contributed by atoms with Crippen LogP contribution in [0.3, 0.4) is 0 Å². The van der Waals surface area contributed by atoms with Crippen LogP contribution in [0.25, 0.3) is 0 Å². The number of hydrogen-bond acceptors (Lipinski definition) is 4. The highest BCUT2D eigenvalue weighted by atomic mass is 16.5. The Morgan fingerprint density at radius 3 is 2.26 bits per heavy atom. The van der Waals surface area contributed by atoms with Crippen molar-refractivity contribution in [3.05, 3.63) is 0 Å². The van der Waals surface area contributed by atoms with Gasteiger partial charge >= 0.3 is 0 Å². The molecule has 1 saturated heterocycles. The highest BCUT2D eigenvalue weighted by Gasteiger charge is 2.35. The minimum atomic E-state index is -0.558. The Kier molecular flexibility index (Phi) is 5.23. The average Bonchev–Trinajstić information content (AvgIpc) is 2.39. The monoisotopic (exact) mass is 270 g/mol. The summed E-state index contributed by atoms with van der Waals surface area (Å²) in [5.41, 5.74) is 5.77. The maximum absolute atomic E-state index is 10.6. The van der Waals surface area contributed by atoms with Crippen LogP contribution in [0.4, 0.5) is 0 Å². The lowest BCUT2D eigenvalue weighted by molar-refractivity contribution is -0.0811. The fourth-order valence-corrected chi connectivity index (χ4v) is 3.77. The first-order valence-electron chi connectivity index (χ1n) is 7.76. The zero-order valence-corrected chi connectivity index (χ0v) is 12.4. The Hall–Kier alpha value is -0.160. The first-order valence-corrected chi connectivity index (χ1v) is 7.76. The second-order valence-electron chi connectivity index (χ2n) is 6.77. The Morgan fingerprint density at radius 1 is 1.05 bits per heavy atom. The predicted molar refractivity (Wildman–Crippen MR) is 77.1 cm³/mol. The molecular weight excluding hydrogens is 240 g/mol. The molecule has 0 bridgehead atoms. The largest absolute Gasteiger partial charge is 0.388 e. The van der Waals surface area contributed by atoms with Crippen LogP contribution in [0, 0.1) is 5.41 Å². The number of nitrogens with two attached hydrogens (primary N) is 1. The van der Waals surface area contributed by atoms with Gasteiger partial charge in [0.1, 0.15) is 0 Å². The minimum Gasteiger partial charge on any atom is -0.388 e. The molecule has 4 heteroatoms. The van der Waals surface area contributed by atoms with E-state index in [1.54, 1.807) is 0 Å². The third kappa shape index (κ3) is 4.15. The molecule has 1 saturated carbocycles. The lowest BCUT2D eigenvalue weighted by Crippen LogP contribution is -2.50. The molecule has 1 aliphatic carbocycles. The molecule has 0 aromatic rings. The summed E-state index contributed by atoms with van der Waals surface area (Å²) in [4.78, 5) is 2.30. The van der Waals surface area contributed by atoms with Crippen LogP contribution in [0.2, 0.25) is 0 Å². The van der Waals surface area contributed by atoms with Gasteiger partial charge in [0.25, 0.3) is 0 Å². The molecule has 0 aromatic carbocycles. The molecule has 0 unspecified atom stereocenters. The summed E-state index contributed by atoms with van der Waals surface area (Å²) in [7, 11) is 2.12. The molecule has 0 atom stereocenters. The first kappa shape index (κ1) is 15.2. The van der Waals surface area contributed by atoms with Gasteiger partial charge in [-0.25, -0.2) is 0 Å². The van der Waals surface area contributed by atoms with Gasteiger partial charge in [0.2, 0.25) is 0 Å². The van der Waals surface area contributed by atoms with Crippen molar-refractivity contribution in [2.75, 3.05) is 39.9 Å². The van der Waals surface area contributed by atoms with Gasteiger partial charge in [0.05, 0.1) is 5.60 Å². The van der Waals surface area contributed by atoms with Crippen LogP contribution in [0.15, 0.2) is 0 Å². The van der Waals surface area contributed by atoms with Crippen LogP contribution in [0.5, 0.6) is 0 Å². The minimum absolute atomic E-state index is 0.286. The summed E-state index contributed by atoms with van der Waals surface area (Å²) in [6.45, 7) is 3.92. The summed E-state index contributed by atoms with van der Waals surface area (Å²) >= 11 is 0. The smallest absolute Gasteiger partial charge is 0.0817 e. The van der Waals surface area contributed by atoms with Gasteiger partial charge in [-0.3, -0.25) is 0 Å². The number of ether oxygens (including phenoxy) is 1. The summed E-state index contributed by atoms with van der Waals surface area (Å²) in [5, 5.41) is 10.6. The van der Waals surface area contributed by atoms with Gasteiger partial charge in [-0.05, 0) is 31.8 Å². The van der Waals surface area contributed by atoms with Crippen molar-refractivity contribution in [3.63, 3.8) is 0 Å². The van der Waals surface area contributed by atoms with E-state index in [4.69, 9.17) is 10.5 Å². The van der Waals surface area contributed by atoms with E-state index in [0.29, 0.717) is 13.2 Å². The Labute approximate surface area is 117 Å². The van der Waals surface area contributed by atoms with Gasteiger partial charge in [-0.15, -0.1) is 0 Å². The number of hydrogen-bond donors (Lipinski definition) is 2. The molecule has 0 spiro atoms. The molecule has 0 aromatic heterocycles. The standard InChI is InChI=1S/C15H30N2O2/c1-17(13-15(18)7-9-19-10-8-15)12-14(11-16)5-3-2-4-6-14/h18H,2-13,16H2,1H3. The number of rotatable bonds is 5. The van der Waals surface area contributed by atoms with Crippen LogP contribution in [0.1, 0.15) is 44.9 Å². The maximum Gasteiger partial charge on any atom is 0.0817 e. The van der Waals surface area contributed by atoms with E-state index >= 15 is 0 Å². The topological polar surface area (TPSA) is 58.7 Å². The van der Waals surface area contributed by atoms with Crippen molar-refractivity contribution in [1.29, 1.82) is 0 Å². The van der Waals surface area contributed by atoms with Crippen LogP contribution in [-0.2, 0) is 4.74 Å². The Morgan fingerprint density at radius 2 is 1.68 bits per heavy atom. The molecule has 0 radical (unpaired) electrons. The Balaban J connectivity index is 1.86. The van der Waals surface area contributed by atoms with Crippen molar-refractivity contribution in [2.45, 2.75) is 50.5 Å². The summed E-state index contributed by atoms with van der Waals surface area (Å²) in [6.07, 6.45) is 7.98. The van der Waals surface area contributed by atoms with E-state index in [1.165, 1.54) is 32.1 Å². The second kappa shape index (κ2) is 6.53. The highest BCUT2D eigenvalue weighted by Crippen LogP contribution is 2.36. The van der Waals surface area contributed by atoms with Gasteiger partial charge in [0.15, 0.2) is 0 Å². The average molecular weight is 270 g/mol. The lowest BCUT2D eigenvalue weighted by atomic mass is 9.73. The number of aliphatic hydroxyl groups is 1. The van der Waals surface area contributed by atoms with E-state index in [9.17, 15) is 5.11 Å². The zero-order valence-electron chi connectivity index (χ0n) is 12.4. The normalized spacial score (nSPS) is 26.5. The van der Waals surface area contributed by atoms with E-state index in [2.05, 4.69) is 11.9 Å². The van der Waals surface area contributed by atoms with Gasteiger partial charge in [-0.2, -0.15) is 0 Å². The fourth-order valence-electron chi connectivity index (χ4n) is 3.77. The molecule has 112 valence electrons. The molecule has 3 N–H and O–H groups in total. The quantitative estimate of drug-likeness (QED) is 0.792. The van der Waals surface area contributed by atoms with Crippen LogP contribution in [-0.4, -0.2) is 55.5 Å². The molecule has 2 rings (SSSR count). The molecule has 2 aliphatic rings. The molecule has 1 heterocycles. The van der Waals surface area contributed by atoms with Gasteiger partial charge < -0.3 is 20.5 Å². The third-order valence-corrected chi connectivity index (χ3v) is 4.94. The predicted octanol–water partition coefficient (Wildman–Crippen LogP) is 1.37. The Bertz CT molecular complexity index is 271. The summed E-state index contributed by atoms with van der Waals surface area (Å²) in [6, 6.07) is 0. The maximum atomic E-state index is 10.6. The zero-order chi connectivity index (χ0) is 13.8. The summed E-state index contributed by atoms with van der Waals surface area (Å²) < 4.78 is 5.34. The van der Waals surface area contributed by atoms with E-state index in [-0.39, 0.29) is 5.41 Å². The number of nitrogens with zero attached hydrogens (tertiary/aromatic N) is 1. The van der Waals surface area contributed by atoms with Gasteiger partial charge in [0, 0.05) is 39.1 Å². The fraction of sp³-hybridized carbons (Fsp3) is 1.00. The number of likely N-dealkylation sites (N-methyl/N-ethyl adjacent to an activating group) is 1. The van der Waals surface area contributed by atoms with Crippen molar-refractivity contribution in [1.82, 2.24) is 4.90 Å². The van der Waals surface area contributed by atoms with E-state index in [0.717, 1.165) is 32.5 Å². The van der Waals surface area contributed by atoms with Crippen molar-refractivity contribution < 1.29 is 9.84 Å². The molecule has 1 aliphatic heterocycles. The molecular formula is C15H30N2O2. The van der Waals surface area contributed by atoms with Crippen molar-refractivity contribution in [2.24, 2.45) is 11.1 Å². The van der Waals surface area contributed by atoms with Crippen LogP contribution >= 0.6 is 0 Å². The molecule has 4 nitrogen and oxygen atoms in total. The summed E-state index contributed by atoms with van der Waals surface area (Å²) in [5.74, 6) is 0. The second-order valence-corrected chi connectivity index (χ2v) is 6.77. The highest BCUT2D eigenvalue weighted by molar-refractivity contribution is 4.89. The SMILES string of the molecule is CN(CC1(O)CCOCC1)CC1(CN)CCCCC1. The molecule has 19 heavy (non-hydrogen) atoms. The van der Waals surface area contributed by atoms with Crippen LogP contribution < -0.4 is 5.73 Å². The van der Waals surface area contributed by atoms with Crippen molar-refractivity contribution in [3.8, 4) is 0 Å². The van der Waals surface area contributed by atoms with E-state index < -0.39 is 5.60 Å². The third-order valence-electron chi connectivity index (χ3n) is 4.94. The van der Waals surface area contributed by atoms with E-state index in [1.807, 2.05) is 0 Å². The molecule has 0 amide bonds. The first-order chi connectivity index (χ1) is 9.08.